The molecule has 0 amide bonds. The molecule has 1 aliphatic rings. The fourth-order valence-electron chi connectivity index (χ4n) is 2.08. The molecule has 1 aromatic rings. The van der Waals surface area contributed by atoms with Gasteiger partial charge in [-0.05, 0) is 43.5 Å². The highest BCUT2D eigenvalue weighted by molar-refractivity contribution is 5.68. The van der Waals surface area contributed by atoms with Gasteiger partial charge >= 0.3 is 5.97 Å². The number of aryl methyl sites for hydroxylation is 1. The van der Waals surface area contributed by atoms with Gasteiger partial charge in [-0.3, -0.25) is 4.79 Å². The van der Waals surface area contributed by atoms with Crippen LogP contribution in [0.3, 0.4) is 0 Å². The van der Waals surface area contributed by atoms with Crippen molar-refractivity contribution in [2.75, 3.05) is 11.4 Å². The summed E-state index contributed by atoms with van der Waals surface area (Å²) >= 11 is 0. The largest absolute Gasteiger partial charge is 0.481 e. The second-order valence-electron chi connectivity index (χ2n) is 4.68. The summed E-state index contributed by atoms with van der Waals surface area (Å²) in [5, 5.41) is 17.7. The van der Waals surface area contributed by atoms with E-state index >= 15 is 0 Å². The minimum absolute atomic E-state index is 0.148. The monoisotopic (exact) mass is 244 g/mol. The van der Waals surface area contributed by atoms with Gasteiger partial charge in [-0.1, -0.05) is 0 Å². The summed E-state index contributed by atoms with van der Waals surface area (Å²) in [6.45, 7) is 2.44. The van der Waals surface area contributed by atoms with Gasteiger partial charge in [0.15, 0.2) is 0 Å². The van der Waals surface area contributed by atoms with Gasteiger partial charge in [0.1, 0.15) is 0 Å². The maximum absolute atomic E-state index is 10.7. The van der Waals surface area contributed by atoms with E-state index in [0.717, 1.165) is 24.1 Å². The molecule has 94 valence electrons. The number of anilines is 1. The number of carbonyl (C=O) groups is 1. The first-order valence-corrected chi connectivity index (χ1v) is 6.11. The van der Waals surface area contributed by atoms with Crippen LogP contribution in [0.5, 0.6) is 0 Å². The number of benzene rings is 1. The summed E-state index contributed by atoms with van der Waals surface area (Å²) in [7, 11) is 0. The maximum atomic E-state index is 10.7. The van der Waals surface area contributed by atoms with Crippen LogP contribution >= 0.6 is 0 Å². The van der Waals surface area contributed by atoms with Gasteiger partial charge < -0.3 is 10.0 Å². The van der Waals surface area contributed by atoms with Crippen LogP contribution in [0.25, 0.3) is 0 Å². The summed E-state index contributed by atoms with van der Waals surface area (Å²) < 4.78 is 0. The van der Waals surface area contributed by atoms with Crippen molar-refractivity contribution in [1.29, 1.82) is 5.26 Å². The standard InChI is InChI=1S/C14H16N2O2/c1-10-8-13(3-2-11(10)9-15)16(12-4-5-12)7-6-14(17)18/h2-3,8,12H,4-7H2,1H3,(H,17,18). The zero-order valence-corrected chi connectivity index (χ0v) is 10.4. The molecule has 1 N–H and O–H groups in total. The van der Waals surface area contributed by atoms with Crippen LogP contribution in [-0.2, 0) is 4.79 Å². The Kier molecular flexibility index (Phi) is 3.52. The lowest BCUT2D eigenvalue weighted by molar-refractivity contribution is -0.136. The van der Waals surface area contributed by atoms with Crippen LogP contribution in [0, 0.1) is 18.3 Å². The molecule has 0 atom stereocenters. The summed E-state index contributed by atoms with van der Waals surface area (Å²) in [4.78, 5) is 12.8. The van der Waals surface area contributed by atoms with E-state index in [1.54, 1.807) is 6.07 Å². The van der Waals surface area contributed by atoms with E-state index in [9.17, 15) is 4.79 Å². The predicted molar refractivity (Wildman–Crippen MR) is 68.5 cm³/mol. The molecule has 1 saturated carbocycles. The van der Waals surface area contributed by atoms with Crippen molar-refractivity contribution in [2.45, 2.75) is 32.2 Å². The number of rotatable bonds is 5. The smallest absolute Gasteiger partial charge is 0.305 e. The topological polar surface area (TPSA) is 64.3 Å². The van der Waals surface area contributed by atoms with Crippen LogP contribution in [0.2, 0.25) is 0 Å². The Morgan fingerprint density at radius 2 is 2.28 bits per heavy atom. The summed E-state index contributed by atoms with van der Waals surface area (Å²) in [5.41, 5.74) is 2.64. The Balaban J connectivity index is 2.18. The van der Waals surface area contributed by atoms with E-state index in [1.807, 2.05) is 19.1 Å². The number of hydrogen-bond donors (Lipinski definition) is 1. The minimum Gasteiger partial charge on any atom is -0.481 e. The summed E-state index contributed by atoms with van der Waals surface area (Å²) in [6.07, 6.45) is 2.40. The molecule has 1 aromatic carbocycles. The molecule has 4 heteroatoms. The first kappa shape index (κ1) is 12.4. The number of carboxylic acid groups (broad SMARTS) is 1. The number of nitrogens with zero attached hydrogens (tertiary/aromatic N) is 2. The minimum atomic E-state index is -0.772. The highest BCUT2D eigenvalue weighted by Gasteiger charge is 2.29. The van der Waals surface area contributed by atoms with Gasteiger partial charge in [0.2, 0.25) is 0 Å². The first-order valence-electron chi connectivity index (χ1n) is 6.11. The predicted octanol–water partition coefficient (Wildman–Crippen LogP) is 2.31. The zero-order chi connectivity index (χ0) is 13.1. The van der Waals surface area contributed by atoms with Crippen molar-refractivity contribution in [3.8, 4) is 6.07 Å². The molecular formula is C14H16N2O2. The lowest BCUT2D eigenvalue weighted by Gasteiger charge is -2.24. The highest BCUT2D eigenvalue weighted by atomic mass is 16.4. The molecule has 1 aliphatic carbocycles. The van der Waals surface area contributed by atoms with Gasteiger partial charge in [-0.25, -0.2) is 0 Å². The van der Waals surface area contributed by atoms with Crippen LogP contribution in [0.15, 0.2) is 18.2 Å². The molecule has 0 radical (unpaired) electrons. The van der Waals surface area contributed by atoms with E-state index < -0.39 is 5.97 Å². The number of carboxylic acids is 1. The number of hydrogen-bond acceptors (Lipinski definition) is 3. The Morgan fingerprint density at radius 1 is 1.56 bits per heavy atom. The summed E-state index contributed by atoms with van der Waals surface area (Å²) in [5.74, 6) is -0.772. The molecule has 4 nitrogen and oxygen atoms in total. The normalized spacial score (nSPS) is 14.0. The average Bonchev–Trinajstić information content (AvgIpc) is 3.13. The molecule has 0 spiro atoms. The van der Waals surface area contributed by atoms with Crippen molar-refractivity contribution >= 4 is 11.7 Å². The first-order chi connectivity index (χ1) is 8.61. The van der Waals surface area contributed by atoms with E-state index in [4.69, 9.17) is 10.4 Å². The average molecular weight is 244 g/mol. The van der Waals surface area contributed by atoms with E-state index in [2.05, 4.69) is 11.0 Å². The zero-order valence-electron chi connectivity index (χ0n) is 10.4. The fourth-order valence-corrected chi connectivity index (χ4v) is 2.08. The van der Waals surface area contributed by atoms with Crippen molar-refractivity contribution in [1.82, 2.24) is 0 Å². The van der Waals surface area contributed by atoms with Crippen LogP contribution < -0.4 is 4.90 Å². The van der Waals surface area contributed by atoms with Crippen LogP contribution in [0.1, 0.15) is 30.4 Å². The Morgan fingerprint density at radius 3 is 2.78 bits per heavy atom. The third-order valence-electron chi connectivity index (χ3n) is 3.22. The fraction of sp³-hybridized carbons (Fsp3) is 0.429. The SMILES string of the molecule is Cc1cc(N(CCC(=O)O)C2CC2)ccc1C#N. The third kappa shape index (κ3) is 2.80. The lowest BCUT2D eigenvalue weighted by Crippen LogP contribution is -2.28. The van der Waals surface area contributed by atoms with Crippen LogP contribution in [-0.4, -0.2) is 23.7 Å². The molecular weight excluding hydrogens is 228 g/mol. The van der Waals surface area contributed by atoms with Crippen molar-refractivity contribution in [3.05, 3.63) is 29.3 Å². The van der Waals surface area contributed by atoms with Gasteiger partial charge in [0.05, 0.1) is 18.1 Å². The third-order valence-corrected chi connectivity index (χ3v) is 3.22. The molecule has 0 bridgehead atoms. The Hall–Kier alpha value is -2.02. The second-order valence-corrected chi connectivity index (χ2v) is 4.68. The molecule has 2 rings (SSSR count). The number of nitriles is 1. The highest BCUT2D eigenvalue weighted by Crippen LogP contribution is 2.32. The number of aliphatic carboxylic acids is 1. The molecule has 0 aromatic heterocycles. The molecule has 0 saturated heterocycles. The Bertz CT molecular complexity index is 501. The summed E-state index contributed by atoms with van der Waals surface area (Å²) in [6, 6.07) is 8.30. The van der Waals surface area contributed by atoms with E-state index in [0.29, 0.717) is 18.2 Å². The maximum Gasteiger partial charge on any atom is 0.305 e. The Labute approximate surface area is 106 Å². The lowest BCUT2D eigenvalue weighted by atomic mass is 10.1. The second kappa shape index (κ2) is 5.09. The molecule has 0 heterocycles. The van der Waals surface area contributed by atoms with Gasteiger partial charge in [0.25, 0.3) is 0 Å². The van der Waals surface area contributed by atoms with Gasteiger partial charge in [-0.15, -0.1) is 0 Å². The molecule has 0 aliphatic heterocycles. The van der Waals surface area contributed by atoms with E-state index in [-0.39, 0.29) is 6.42 Å². The quantitative estimate of drug-likeness (QED) is 0.863. The van der Waals surface area contributed by atoms with E-state index in [1.165, 1.54) is 0 Å². The molecule has 1 fully saturated rings. The van der Waals surface area contributed by atoms with Gasteiger partial charge in [0, 0.05) is 18.3 Å². The van der Waals surface area contributed by atoms with Crippen LogP contribution in [0.4, 0.5) is 5.69 Å². The van der Waals surface area contributed by atoms with Crippen molar-refractivity contribution in [2.24, 2.45) is 0 Å². The van der Waals surface area contributed by atoms with Crippen molar-refractivity contribution in [3.63, 3.8) is 0 Å². The van der Waals surface area contributed by atoms with Gasteiger partial charge in [-0.2, -0.15) is 5.26 Å². The molecule has 0 unspecified atom stereocenters. The van der Waals surface area contributed by atoms with Crippen molar-refractivity contribution < 1.29 is 9.90 Å². The molecule has 18 heavy (non-hydrogen) atoms.